The molecule has 1 aliphatic heterocycles. The molecule has 1 aliphatic rings. The first-order valence-corrected chi connectivity index (χ1v) is 10.6. The normalized spacial score (nSPS) is 14.6. The van der Waals surface area contributed by atoms with Crippen molar-refractivity contribution in [3.8, 4) is 0 Å². The number of aromatic nitrogens is 3. The number of anilines is 1. The molecule has 0 unspecified atom stereocenters. The van der Waals surface area contributed by atoms with E-state index in [2.05, 4.69) is 9.97 Å². The molecule has 0 bridgehead atoms. The van der Waals surface area contributed by atoms with Gasteiger partial charge in [-0.05, 0) is 12.1 Å². The summed E-state index contributed by atoms with van der Waals surface area (Å²) in [6, 6.07) is 9.52. The minimum absolute atomic E-state index is 0.0375. The molecule has 2 aromatic heterocycles. The van der Waals surface area contributed by atoms with Crippen molar-refractivity contribution in [1.29, 1.82) is 0 Å². The molecule has 4 N–H and O–H groups in total. The standard InChI is InChI=1S/C22H26N6O5/c1-33-11-10-28-19(23)18(20(30)25-22(28)32)17(29)13-26-6-8-27(9-7-26)21(31)16-12-14-4-2-3-5-15(14)24-16/h2-5,12,24H,6-11,13,23H2,1H3,(H,25,30,32). The number of aromatic amines is 2. The SMILES string of the molecule is COCCn1c(N)c(C(=O)CN2CCN(C(=O)c3cc4ccccc4[nH]3)CC2)c(=O)[nH]c1=O. The van der Waals surface area contributed by atoms with Gasteiger partial charge in [-0.3, -0.25) is 28.8 Å². The van der Waals surface area contributed by atoms with E-state index >= 15 is 0 Å². The molecule has 11 heteroatoms. The maximum Gasteiger partial charge on any atom is 0.330 e. The fourth-order valence-electron chi connectivity index (χ4n) is 4.01. The van der Waals surface area contributed by atoms with Gasteiger partial charge in [0.05, 0.1) is 19.7 Å². The van der Waals surface area contributed by atoms with Crippen molar-refractivity contribution in [1.82, 2.24) is 24.3 Å². The number of piperazine rings is 1. The third-order valence-electron chi connectivity index (χ3n) is 5.82. The summed E-state index contributed by atoms with van der Waals surface area (Å²) in [4.78, 5) is 58.9. The Kier molecular flexibility index (Phi) is 6.43. The van der Waals surface area contributed by atoms with Crippen molar-refractivity contribution in [2.24, 2.45) is 0 Å². The number of nitrogens with zero attached hydrogens (tertiary/aromatic N) is 3. The van der Waals surface area contributed by atoms with Crippen molar-refractivity contribution in [2.75, 3.05) is 52.2 Å². The lowest BCUT2D eigenvalue weighted by Crippen LogP contribution is -2.50. The minimum Gasteiger partial charge on any atom is -0.384 e. The Morgan fingerprint density at radius 1 is 1.09 bits per heavy atom. The molecular formula is C22H26N6O5. The van der Waals surface area contributed by atoms with Gasteiger partial charge in [0.1, 0.15) is 17.1 Å². The van der Waals surface area contributed by atoms with Gasteiger partial charge in [-0.1, -0.05) is 18.2 Å². The van der Waals surface area contributed by atoms with Gasteiger partial charge >= 0.3 is 5.69 Å². The Hall–Kier alpha value is -3.70. The number of nitrogens with one attached hydrogen (secondary N) is 2. The quantitative estimate of drug-likeness (QED) is 0.422. The predicted molar refractivity (Wildman–Crippen MR) is 123 cm³/mol. The molecule has 3 heterocycles. The molecule has 1 fully saturated rings. The molecule has 1 amide bonds. The lowest BCUT2D eigenvalue weighted by Gasteiger charge is -2.34. The van der Waals surface area contributed by atoms with E-state index in [1.54, 1.807) is 4.90 Å². The Morgan fingerprint density at radius 3 is 2.52 bits per heavy atom. The van der Waals surface area contributed by atoms with Crippen LogP contribution in [0.2, 0.25) is 0 Å². The second kappa shape index (κ2) is 9.43. The molecule has 0 atom stereocenters. The number of carbonyl (C=O) groups excluding carboxylic acids is 2. The van der Waals surface area contributed by atoms with Crippen LogP contribution in [0.15, 0.2) is 39.9 Å². The first-order valence-electron chi connectivity index (χ1n) is 10.6. The number of nitrogen functional groups attached to an aromatic ring is 1. The Morgan fingerprint density at radius 2 is 1.82 bits per heavy atom. The molecule has 0 radical (unpaired) electrons. The average Bonchev–Trinajstić information content (AvgIpc) is 3.23. The molecule has 0 spiro atoms. The topological polar surface area (TPSA) is 147 Å². The summed E-state index contributed by atoms with van der Waals surface area (Å²) in [6.07, 6.45) is 0. The summed E-state index contributed by atoms with van der Waals surface area (Å²) in [5.74, 6) is -0.739. The molecule has 11 nitrogen and oxygen atoms in total. The van der Waals surface area contributed by atoms with Crippen molar-refractivity contribution in [3.63, 3.8) is 0 Å². The largest absolute Gasteiger partial charge is 0.384 e. The van der Waals surface area contributed by atoms with E-state index < -0.39 is 17.0 Å². The van der Waals surface area contributed by atoms with Crippen LogP contribution in [0.25, 0.3) is 10.9 Å². The molecular weight excluding hydrogens is 428 g/mol. The van der Waals surface area contributed by atoms with Gasteiger partial charge in [0.25, 0.3) is 11.5 Å². The van der Waals surface area contributed by atoms with Gasteiger partial charge in [-0.25, -0.2) is 4.79 Å². The van der Waals surface area contributed by atoms with E-state index in [9.17, 15) is 19.2 Å². The van der Waals surface area contributed by atoms with Crippen LogP contribution in [0.5, 0.6) is 0 Å². The number of ketones is 1. The number of benzene rings is 1. The Balaban J connectivity index is 1.41. The number of carbonyl (C=O) groups is 2. The first kappa shape index (κ1) is 22.5. The molecule has 33 heavy (non-hydrogen) atoms. The summed E-state index contributed by atoms with van der Waals surface area (Å²) in [6.45, 7) is 2.12. The van der Waals surface area contributed by atoms with Gasteiger partial charge < -0.3 is 20.4 Å². The van der Waals surface area contributed by atoms with E-state index in [0.717, 1.165) is 15.5 Å². The van der Waals surface area contributed by atoms with Gasteiger partial charge in [-0.2, -0.15) is 0 Å². The molecule has 0 aliphatic carbocycles. The van der Waals surface area contributed by atoms with Crippen LogP contribution in [0.4, 0.5) is 5.82 Å². The number of H-pyrrole nitrogens is 2. The van der Waals surface area contributed by atoms with Crippen LogP contribution in [-0.4, -0.2) is 82.5 Å². The first-order chi connectivity index (χ1) is 15.9. The van der Waals surface area contributed by atoms with Crippen LogP contribution in [0, 0.1) is 0 Å². The van der Waals surface area contributed by atoms with Crippen LogP contribution in [0.3, 0.4) is 0 Å². The number of methoxy groups -OCH3 is 1. The minimum atomic E-state index is -0.802. The fraction of sp³-hybridized carbons (Fsp3) is 0.364. The Bertz CT molecular complexity index is 1270. The summed E-state index contributed by atoms with van der Waals surface area (Å²) < 4.78 is 6.07. The average molecular weight is 454 g/mol. The number of fused-ring (bicyclic) bond motifs is 1. The van der Waals surface area contributed by atoms with Crippen LogP contribution in [0.1, 0.15) is 20.8 Å². The lowest BCUT2D eigenvalue weighted by molar-refractivity contribution is 0.0620. The third kappa shape index (κ3) is 4.59. The van der Waals surface area contributed by atoms with E-state index in [-0.39, 0.29) is 37.0 Å². The van der Waals surface area contributed by atoms with E-state index in [4.69, 9.17) is 10.5 Å². The van der Waals surface area contributed by atoms with Gasteiger partial charge in [0.2, 0.25) is 0 Å². The highest BCUT2D eigenvalue weighted by Gasteiger charge is 2.26. The van der Waals surface area contributed by atoms with Crippen LogP contribution in [-0.2, 0) is 11.3 Å². The monoisotopic (exact) mass is 454 g/mol. The van der Waals surface area contributed by atoms with Crippen LogP contribution >= 0.6 is 0 Å². The van der Waals surface area contributed by atoms with Gasteiger partial charge in [0.15, 0.2) is 5.78 Å². The number of nitrogens with two attached hydrogens (primary N) is 1. The third-order valence-corrected chi connectivity index (χ3v) is 5.82. The maximum atomic E-state index is 12.9. The maximum absolute atomic E-state index is 12.9. The zero-order valence-electron chi connectivity index (χ0n) is 18.3. The summed E-state index contributed by atoms with van der Waals surface area (Å²) in [5.41, 5.74) is 5.69. The highest BCUT2D eigenvalue weighted by atomic mass is 16.5. The lowest BCUT2D eigenvalue weighted by atomic mass is 10.1. The number of para-hydroxylation sites is 1. The molecule has 3 aromatic rings. The number of ether oxygens (including phenoxy) is 1. The second-order valence-corrected chi connectivity index (χ2v) is 7.93. The van der Waals surface area contributed by atoms with Crippen molar-refractivity contribution >= 4 is 28.4 Å². The number of hydrogen-bond acceptors (Lipinski definition) is 7. The number of Topliss-reactive ketones (excluding diaryl/α,β-unsaturated/α-hetero) is 1. The fourth-order valence-corrected chi connectivity index (χ4v) is 4.01. The second-order valence-electron chi connectivity index (χ2n) is 7.93. The highest BCUT2D eigenvalue weighted by molar-refractivity contribution is 6.01. The van der Waals surface area contributed by atoms with Gasteiger partial charge in [-0.15, -0.1) is 0 Å². The summed E-state index contributed by atoms with van der Waals surface area (Å²) >= 11 is 0. The van der Waals surface area contributed by atoms with Crippen molar-refractivity contribution < 1.29 is 14.3 Å². The molecule has 0 saturated carbocycles. The number of hydrogen-bond donors (Lipinski definition) is 3. The van der Waals surface area contributed by atoms with Crippen molar-refractivity contribution in [2.45, 2.75) is 6.54 Å². The molecule has 4 rings (SSSR count). The Labute approximate surface area is 188 Å². The zero-order chi connectivity index (χ0) is 23.5. The van der Waals surface area contributed by atoms with E-state index in [1.807, 2.05) is 35.2 Å². The van der Waals surface area contributed by atoms with Crippen LogP contribution < -0.4 is 17.0 Å². The summed E-state index contributed by atoms with van der Waals surface area (Å²) in [7, 11) is 1.47. The highest BCUT2D eigenvalue weighted by Crippen LogP contribution is 2.17. The van der Waals surface area contributed by atoms with Gasteiger partial charge in [0, 0.05) is 44.2 Å². The number of rotatable bonds is 7. The summed E-state index contributed by atoms with van der Waals surface area (Å²) in [5, 5.41) is 0.972. The smallest absolute Gasteiger partial charge is 0.330 e. The predicted octanol–water partition coefficient (Wildman–Crippen LogP) is -0.113. The zero-order valence-corrected chi connectivity index (χ0v) is 18.3. The molecule has 174 valence electrons. The van der Waals surface area contributed by atoms with E-state index in [0.29, 0.717) is 31.9 Å². The number of amides is 1. The molecule has 1 aromatic carbocycles. The molecule has 1 saturated heterocycles. The van der Waals surface area contributed by atoms with E-state index in [1.165, 1.54) is 7.11 Å². The van der Waals surface area contributed by atoms with Crippen molar-refractivity contribution in [3.05, 3.63) is 62.4 Å².